The van der Waals surface area contributed by atoms with Crippen molar-refractivity contribution in [3.05, 3.63) is 60.9 Å². The molecule has 3 amide bonds. The first-order valence-corrected chi connectivity index (χ1v) is 26.2. The van der Waals surface area contributed by atoms with E-state index < -0.39 is 11.4 Å². The van der Waals surface area contributed by atoms with E-state index in [1.54, 1.807) is 17.3 Å². The van der Waals surface area contributed by atoms with E-state index >= 15 is 8.78 Å². The number of fused-ring (bicyclic) bond motifs is 2. The zero-order valence-corrected chi connectivity index (χ0v) is 43.0. The quantitative estimate of drug-likeness (QED) is 0.124. The fraction of sp³-hybridized carbons (Fsp3) is 0.528. The SMILES string of the molecule is C[C@@H](Oc1nc(-c2cnc(N3CCN(C(=O)OC(C)(C)C)CC3)c(F)c2)cc2ncn(C3CC3)c12)[C@H]1CNC(=O)C1.C[C@@H](Oc1nc(-c2cnc(N3CCNCC3)c(F)c2)cc2ncn(C3CC3)c12)[C@H]1CNC(=O)C1. The summed E-state index contributed by atoms with van der Waals surface area (Å²) >= 11 is 0. The molecule has 6 fully saturated rings. The molecule has 22 heteroatoms. The Morgan fingerprint density at radius 3 is 1.51 bits per heavy atom. The summed E-state index contributed by atoms with van der Waals surface area (Å²) in [5, 5.41) is 9.00. The molecule has 75 heavy (non-hydrogen) atoms. The van der Waals surface area contributed by atoms with Crippen LogP contribution in [0.4, 0.5) is 25.2 Å². The number of rotatable bonds is 12. The largest absolute Gasteiger partial charge is 0.473 e. The molecule has 4 aliphatic heterocycles. The lowest BCUT2D eigenvalue weighted by Crippen LogP contribution is -2.50. The Morgan fingerprint density at radius 1 is 0.653 bits per heavy atom. The number of nitrogens with one attached hydrogen (secondary N) is 3. The Bertz CT molecular complexity index is 3120. The standard InChI is InChI=1S/C29H36FN7O4.C24H28FN7O2/c1-17(18-12-24(38)31-14-18)40-27-25-23(33-16-37(25)20-5-6-20)13-22(34-27)19-11-21(30)26(32-15-19)35-7-9-36(10-8-35)28(39)41-29(2,3)4;1-14(15-9-21(33)27-11-15)34-24-22-20(29-13-32(22)17-2-3-17)10-19(30-24)16-8-18(25)23(28-12-16)31-6-4-26-5-7-31/h11,13,15-18,20H,5-10,12,14H2,1-4H3,(H,31,38);8,10,12-15,17,26H,2-7,9,11H2,1H3,(H,27,33)/t17-,18-;14-,15-/m11/s1. The van der Waals surface area contributed by atoms with Crippen LogP contribution < -0.4 is 35.2 Å². The molecule has 2 aliphatic carbocycles. The maximum absolute atomic E-state index is 15.5. The number of pyridine rings is 4. The number of ether oxygens (including phenoxy) is 3. The van der Waals surface area contributed by atoms with Gasteiger partial charge in [-0.2, -0.15) is 0 Å². The van der Waals surface area contributed by atoms with Crippen LogP contribution in [0.3, 0.4) is 0 Å². The highest BCUT2D eigenvalue weighted by molar-refractivity contribution is 5.86. The lowest BCUT2D eigenvalue weighted by atomic mass is 10.0. The predicted molar refractivity (Wildman–Crippen MR) is 275 cm³/mol. The summed E-state index contributed by atoms with van der Waals surface area (Å²) in [5.41, 5.74) is 4.73. The first kappa shape index (κ1) is 50.0. The molecule has 2 saturated carbocycles. The van der Waals surface area contributed by atoms with Crippen molar-refractivity contribution >= 4 is 51.6 Å². The van der Waals surface area contributed by atoms with Crippen LogP contribution in [0.15, 0.2) is 49.3 Å². The van der Waals surface area contributed by atoms with E-state index in [9.17, 15) is 14.4 Å². The van der Waals surface area contributed by atoms with Gasteiger partial charge < -0.3 is 54.0 Å². The van der Waals surface area contributed by atoms with Gasteiger partial charge in [0, 0.05) is 126 Å². The van der Waals surface area contributed by atoms with Gasteiger partial charge in [-0.05, 0) is 84.6 Å². The van der Waals surface area contributed by atoms with Crippen LogP contribution in [0.1, 0.15) is 85.2 Å². The van der Waals surface area contributed by atoms with E-state index in [-0.39, 0.29) is 53.6 Å². The Kier molecular flexibility index (Phi) is 13.6. The molecule has 396 valence electrons. The summed E-state index contributed by atoms with van der Waals surface area (Å²) in [7, 11) is 0. The summed E-state index contributed by atoms with van der Waals surface area (Å²) in [4.78, 5) is 69.0. The van der Waals surface area contributed by atoms with Gasteiger partial charge in [0.25, 0.3) is 0 Å². The number of carbonyl (C=O) groups excluding carboxylic acids is 3. The lowest BCUT2D eigenvalue weighted by molar-refractivity contribution is -0.120. The normalized spacial score (nSPS) is 20.9. The number of piperazine rings is 2. The van der Waals surface area contributed by atoms with Crippen LogP contribution in [0.5, 0.6) is 11.8 Å². The number of nitrogens with zero attached hydrogens (tertiary/aromatic N) is 11. The van der Waals surface area contributed by atoms with E-state index in [1.165, 1.54) is 12.1 Å². The maximum atomic E-state index is 15.5. The van der Waals surface area contributed by atoms with Crippen LogP contribution in [0, 0.1) is 23.5 Å². The first-order valence-electron chi connectivity index (χ1n) is 26.2. The molecule has 6 aromatic heterocycles. The van der Waals surface area contributed by atoms with Gasteiger partial charge in [0.15, 0.2) is 23.3 Å². The molecule has 6 aliphatic rings. The van der Waals surface area contributed by atoms with Gasteiger partial charge in [-0.25, -0.2) is 43.5 Å². The molecule has 12 rings (SSSR count). The average molecular weight is 1030 g/mol. The minimum Gasteiger partial charge on any atom is -0.473 e. The third kappa shape index (κ3) is 11.0. The number of amides is 3. The lowest BCUT2D eigenvalue weighted by Gasteiger charge is -2.36. The zero-order chi connectivity index (χ0) is 52.1. The van der Waals surface area contributed by atoms with Gasteiger partial charge in [-0.1, -0.05) is 0 Å². The van der Waals surface area contributed by atoms with E-state index in [0.717, 1.165) is 68.4 Å². The molecule has 20 nitrogen and oxygen atoms in total. The molecule has 0 unspecified atom stereocenters. The fourth-order valence-corrected chi connectivity index (χ4v) is 10.1. The second kappa shape index (κ2) is 20.5. The number of anilines is 2. The Labute approximate surface area is 432 Å². The molecule has 3 N–H and O–H groups in total. The second-order valence-corrected chi connectivity index (χ2v) is 21.6. The number of imidazole rings is 2. The third-order valence-electron chi connectivity index (χ3n) is 14.7. The van der Waals surface area contributed by atoms with E-state index in [0.29, 0.717) is 110 Å². The highest BCUT2D eigenvalue weighted by atomic mass is 19.1. The number of halogens is 2. The Balaban J connectivity index is 0.000000163. The molecule has 0 bridgehead atoms. The number of hydrogen-bond acceptors (Lipinski definition) is 15. The van der Waals surface area contributed by atoms with Gasteiger partial charge >= 0.3 is 6.09 Å². The molecule has 6 aromatic rings. The zero-order valence-electron chi connectivity index (χ0n) is 43.0. The monoisotopic (exact) mass is 1030 g/mol. The maximum Gasteiger partial charge on any atom is 0.410 e. The minimum atomic E-state index is -0.569. The predicted octanol–water partition coefficient (Wildman–Crippen LogP) is 6.21. The molecule has 0 spiro atoms. The van der Waals surface area contributed by atoms with Crippen molar-refractivity contribution in [2.24, 2.45) is 11.8 Å². The van der Waals surface area contributed by atoms with Crippen molar-refractivity contribution in [3.8, 4) is 34.3 Å². The molecular formula is C53H64F2N14O6. The molecule has 0 aromatic carbocycles. The second-order valence-electron chi connectivity index (χ2n) is 21.6. The summed E-state index contributed by atoms with van der Waals surface area (Å²) in [6.45, 7) is 15.3. The van der Waals surface area contributed by atoms with Crippen LogP contribution in [-0.4, -0.2) is 145 Å². The van der Waals surface area contributed by atoms with Crippen molar-refractivity contribution in [3.63, 3.8) is 0 Å². The van der Waals surface area contributed by atoms with E-state index in [4.69, 9.17) is 24.2 Å². The number of hydrogen-bond donors (Lipinski definition) is 3. The van der Waals surface area contributed by atoms with Crippen molar-refractivity contribution in [2.75, 3.05) is 75.2 Å². The Hall–Kier alpha value is -7.23. The van der Waals surface area contributed by atoms with Crippen LogP contribution in [0.25, 0.3) is 44.6 Å². The highest BCUT2D eigenvalue weighted by Gasteiger charge is 2.34. The summed E-state index contributed by atoms with van der Waals surface area (Å²) in [6.07, 6.45) is 11.3. The molecule has 4 atom stereocenters. The van der Waals surface area contributed by atoms with Gasteiger partial charge in [0.1, 0.15) is 28.8 Å². The van der Waals surface area contributed by atoms with Crippen molar-refractivity contribution in [1.82, 2.24) is 59.9 Å². The van der Waals surface area contributed by atoms with Crippen LogP contribution in [0.2, 0.25) is 0 Å². The topological polar surface area (TPSA) is 212 Å². The summed E-state index contributed by atoms with van der Waals surface area (Å²) < 4.78 is 52.9. The summed E-state index contributed by atoms with van der Waals surface area (Å²) in [5.74, 6) is 0.841. The fourth-order valence-electron chi connectivity index (χ4n) is 10.1. The number of aromatic nitrogens is 8. The smallest absolute Gasteiger partial charge is 0.410 e. The van der Waals surface area contributed by atoms with E-state index in [1.807, 2.05) is 69.2 Å². The van der Waals surface area contributed by atoms with Crippen LogP contribution >= 0.6 is 0 Å². The molecule has 4 saturated heterocycles. The van der Waals surface area contributed by atoms with Gasteiger partial charge in [0.05, 0.1) is 35.1 Å². The minimum absolute atomic E-state index is 0.0215. The molecule has 10 heterocycles. The molecular weight excluding hydrogens is 967 g/mol. The first-order chi connectivity index (χ1) is 36.1. The van der Waals surface area contributed by atoms with Crippen molar-refractivity contribution in [2.45, 2.75) is 103 Å². The number of carbonyl (C=O) groups is 3. The van der Waals surface area contributed by atoms with Gasteiger partial charge in [-0.3, -0.25) is 9.59 Å². The van der Waals surface area contributed by atoms with Gasteiger partial charge in [0.2, 0.25) is 23.6 Å². The van der Waals surface area contributed by atoms with Crippen molar-refractivity contribution in [1.29, 1.82) is 0 Å². The van der Waals surface area contributed by atoms with Gasteiger partial charge in [-0.15, -0.1) is 0 Å². The van der Waals surface area contributed by atoms with Crippen LogP contribution in [-0.2, 0) is 14.3 Å². The summed E-state index contributed by atoms with van der Waals surface area (Å²) in [6, 6.07) is 7.40. The Morgan fingerprint density at radius 2 is 1.11 bits per heavy atom. The van der Waals surface area contributed by atoms with E-state index in [2.05, 4.69) is 45.0 Å². The molecule has 0 radical (unpaired) electrons. The highest BCUT2D eigenvalue weighted by Crippen LogP contribution is 2.42. The third-order valence-corrected chi connectivity index (χ3v) is 14.7. The average Bonchev–Trinajstić information content (AvgIpc) is 4.22. The van der Waals surface area contributed by atoms with Crippen molar-refractivity contribution < 1.29 is 37.4 Å².